The van der Waals surface area contributed by atoms with Crippen LogP contribution in [-0.4, -0.2) is 49.1 Å². The van der Waals surface area contributed by atoms with Gasteiger partial charge in [0.1, 0.15) is 11.3 Å². The van der Waals surface area contributed by atoms with Crippen molar-refractivity contribution >= 4 is 52.6 Å². The van der Waals surface area contributed by atoms with Crippen LogP contribution in [0.5, 0.6) is 0 Å². The Hall–Kier alpha value is -3.76. The average Bonchev–Trinajstić information content (AvgIpc) is 2.78. The number of hydrogen-bond donors (Lipinski definition) is 1. The number of benzene rings is 2. The Labute approximate surface area is 187 Å². The topological polar surface area (TPSA) is 122 Å². The number of barbiturate groups is 1. The monoisotopic (exact) mass is 456 g/mol. The third-order valence-corrected chi connectivity index (χ3v) is 5.30. The van der Waals surface area contributed by atoms with Crippen molar-refractivity contribution in [1.29, 1.82) is 0 Å². The number of hydrogen-bond acceptors (Lipinski definition) is 7. The maximum atomic E-state index is 13.0. The van der Waals surface area contributed by atoms with Gasteiger partial charge in [-0.25, -0.2) is 9.69 Å². The second kappa shape index (κ2) is 8.77. The second-order valence-corrected chi connectivity index (χ2v) is 7.48. The van der Waals surface area contributed by atoms with Gasteiger partial charge in [-0.3, -0.25) is 25.0 Å². The fourth-order valence-electron chi connectivity index (χ4n) is 3.50. The molecule has 0 atom stereocenters. The number of anilines is 2. The van der Waals surface area contributed by atoms with E-state index in [0.29, 0.717) is 37.0 Å². The molecule has 4 amide bonds. The van der Waals surface area contributed by atoms with Gasteiger partial charge in [0.2, 0.25) is 0 Å². The summed E-state index contributed by atoms with van der Waals surface area (Å²) in [4.78, 5) is 51.4. The summed E-state index contributed by atoms with van der Waals surface area (Å²) in [5, 5.41) is 14.2. The van der Waals surface area contributed by atoms with Gasteiger partial charge in [-0.2, -0.15) is 0 Å². The highest BCUT2D eigenvalue weighted by Crippen LogP contribution is 2.31. The number of ether oxygens (including phenoxy) is 1. The number of nitro groups is 1. The Bertz CT molecular complexity index is 1140. The fraction of sp³-hybridized carbons (Fsp3) is 0.190. The van der Waals surface area contributed by atoms with E-state index in [4.69, 9.17) is 16.3 Å². The third-order valence-electron chi connectivity index (χ3n) is 5.05. The molecule has 2 aliphatic heterocycles. The minimum atomic E-state index is -0.895. The Kier molecular flexibility index (Phi) is 5.89. The molecule has 2 heterocycles. The first-order valence-corrected chi connectivity index (χ1v) is 10.0. The van der Waals surface area contributed by atoms with E-state index in [-0.39, 0.29) is 22.5 Å². The van der Waals surface area contributed by atoms with Gasteiger partial charge < -0.3 is 9.64 Å². The first-order chi connectivity index (χ1) is 15.3. The van der Waals surface area contributed by atoms with Gasteiger partial charge in [0.15, 0.2) is 0 Å². The number of nitrogens with zero attached hydrogens (tertiary/aromatic N) is 3. The molecule has 2 aromatic carbocycles. The van der Waals surface area contributed by atoms with Crippen molar-refractivity contribution in [1.82, 2.24) is 5.32 Å². The van der Waals surface area contributed by atoms with Gasteiger partial charge in [0, 0.05) is 24.2 Å². The number of amides is 4. The van der Waals surface area contributed by atoms with Crippen LogP contribution in [0.4, 0.5) is 21.9 Å². The Balaban J connectivity index is 1.69. The first-order valence-electron chi connectivity index (χ1n) is 9.63. The number of nitrogens with one attached hydrogen (secondary N) is 1. The van der Waals surface area contributed by atoms with E-state index >= 15 is 0 Å². The summed E-state index contributed by atoms with van der Waals surface area (Å²) in [6.45, 7) is 1.96. The number of imide groups is 2. The van der Waals surface area contributed by atoms with Gasteiger partial charge in [0.25, 0.3) is 17.5 Å². The zero-order valence-electron chi connectivity index (χ0n) is 16.6. The maximum absolute atomic E-state index is 13.0. The van der Waals surface area contributed by atoms with E-state index in [1.54, 1.807) is 12.1 Å². The molecule has 2 aliphatic rings. The number of nitro benzene ring substituents is 1. The minimum absolute atomic E-state index is 0.157. The van der Waals surface area contributed by atoms with Crippen LogP contribution in [0.2, 0.25) is 5.02 Å². The van der Waals surface area contributed by atoms with Gasteiger partial charge in [-0.05, 0) is 42.0 Å². The molecule has 11 heteroatoms. The van der Waals surface area contributed by atoms with Crippen molar-refractivity contribution in [2.75, 3.05) is 36.1 Å². The number of carbonyl (C=O) groups excluding carboxylic acids is 3. The zero-order chi connectivity index (χ0) is 22.8. The quantitative estimate of drug-likeness (QED) is 0.325. The summed E-state index contributed by atoms with van der Waals surface area (Å²) in [5.41, 5.74) is 0.447. The van der Waals surface area contributed by atoms with E-state index < -0.39 is 22.8 Å². The summed E-state index contributed by atoms with van der Waals surface area (Å²) in [7, 11) is 0. The van der Waals surface area contributed by atoms with Gasteiger partial charge in [-0.1, -0.05) is 17.7 Å². The smallest absolute Gasteiger partial charge is 0.335 e. The van der Waals surface area contributed by atoms with Crippen LogP contribution in [0, 0.1) is 10.1 Å². The van der Waals surface area contributed by atoms with Crippen LogP contribution in [-0.2, 0) is 14.3 Å². The molecule has 4 rings (SSSR count). The van der Waals surface area contributed by atoms with Crippen LogP contribution < -0.4 is 15.1 Å². The standard InChI is InChI=1S/C21H17ClN4O6/c22-14-2-4-15(5-3-14)25-20(28)16(19(27)23-21(25)29)11-13-1-6-17(18(12-13)26(30)31)24-7-9-32-10-8-24/h1-6,11-12H,7-10H2,(H,23,27,29)/b16-11+. The van der Waals surface area contributed by atoms with E-state index in [9.17, 15) is 24.5 Å². The van der Waals surface area contributed by atoms with Crippen LogP contribution in [0.25, 0.3) is 6.08 Å². The number of rotatable bonds is 4. The van der Waals surface area contributed by atoms with Gasteiger partial charge in [0.05, 0.1) is 23.8 Å². The molecule has 10 nitrogen and oxygen atoms in total. The second-order valence-electron chi connectivity index (χ2n) is 7.04. The lowest BCUT2D eigenvalue weighted by Gasteiger charge is -2.28. The van der Waals surface area contributed by atoms with E-state index in [0.717, 1.165) is 4.90 Å². The van der Waals surface area contributed by atoms with Crippen LogP contribution in [0.1, 0.15) is 5.56 Å². The maximum Gasteiger partial charge on any atom is 0.335 e. The molecule has 0 radical (unpaired) electrons. The van der Waals surface area contributed by atoms with Crippen molar-refractivity contribution < 1.29 is 24.0 Å². The molecule has 2 aromatic rings. The summed E-state index contributed by atoms with van der Waals surface area (Å²) < 4.78 is 5.29. The summed E-state index contributed by atoms with van der Waals surface area (Å²) in [6.07, 6.45) is 1.23. The van der Waals surface area contributed by atoms with Crippen molar-refractivity contribution in [3.05, 3.63) is 68.7 Å². The predicted octanol–water partition coefficient (Wildman–Crippen LogP) is 2.75. The molecule has 2 saturated heterocycles. The highest BCUT2D eigenvalue weighted by Gasteiger charge is 2.37. The molecule has 32 heavy (non-hydrogen) atoms. The first kappa shape index (κ1) is 21.5. The van der Waals surface area contributed by atoms with Crippen molar-refractivity contribution in [3.63, 3.8) is 0 Å². The lowest BCUT2D eigenvalue weighted by molar-refractivity contribution is -0.384. The average molecular weight is 457 g/mol. The molecule has 0 bridgehead atoms. The molecule has 0 unspecified atom stereocenters. The summed E-state index contributed by atoms with van der Waals surface area (Å²) >= 11 is 5.86. The van der Waals surface area contributed by atoms with Crippen LogP contribution in [0.3, 0.4) is 0 Å². The molecule has 1 N–H and O–H groups in total. The highest BCUT2D eigenvalue weighted by molar-refractivity contribution is 6.39. The number of carbonyl (C=O) groups is 3. The van der Waals surface area contributed by atoms with Crippen LogP contribution >= 0.6 is 11.6 Å². The Morgan fingerprint density at radius 1 is 1.06 bits per heavy atom. The summed E-state index contributed by atoms with van der Waals surface area (Å²) in [6, 6.07) is 9.49. The Morgan fingerprint density at radius 3 is 2.41 bits per heavy atom. The largest absolute Gasteiger partial charge is 0.378 e. The SMILES string of the molecule is O=C1NC(=O)N(c2ccc(Cl)cc2)C(=O)/C1=C/c1ccc(N2CCOCC2)c([N+](=O)[O-])c1. The van der Waals surface area contributed by atoms with E-state index in [2.05, 4.69) is 5.32 Å². The third kappa shape index (κ3) is 4.18. The van der Waals surface area contributed by atoms with Crippen molar-refractivity contribution in [2.45, 2.75) is 0 Å². The van der Waals surface area contributed by atoms with Gasteiger partial charge in [-0.15, -0.1) is 0 Å². The summed E-state index contributed by atoms with van der Waals surface area (Å²) in [5.74, 6) is -1.73. The number of halogens is 1. The van der Waals surface area contributed by atoms with E-state index in [1.807, 2.05) is 4.90 Å². The zero-order valence-corrected chi connectivity index (χ0v) is 17.4. The van der Waals surface area contributed by atoms with Crippen LogP contribution in [0.15, 0.2) is 48.0 Å². The highest BCUT2D eigenvalue weighted by atomic mass is 35.5. The molecule has 0 aliphatic carbocycles. The molecule has 164 valence electrons. The number of urea groups is 1. The molecule has 2 fully saturated rings. The lowest BCUT2D eigenvalue weighted by atomic mass is 10.1. The van der Waals surface area contributed by atoms with Crippen molar-refractivity contribution in [2.24, 2.45) is 0 Å². The van der Waals surface area contributed by atoms with Gasteiger partial charge >= 0.3 is 6.03 Å². The predicted molar refractivity (Wildman–Crippen MR) is 117 cm³/mol. The molecular weight excluding hydrogens is 440 g/mol. The lowest BCUT2D eigenvalue weighted by Crippen LogP contribution is -2.54. The van der Waals surface area contributed by atoms with E-state index in [1.165, 1.54) is 36.4 Å². The number of morpholine rings is 1. The Morgan fingerprint density at radius 2 is 1.75 bits per heavy atom. The molecule has 0 aromatic heterocycles. The molecule has 0 saturated carbocycles. The molecule has 0 spiro atoms. The minimum Gasteiger partial charge on any atom is -0.378 e. The van der Waals surface area contributed by atoms with Crippen molar-refractivity contribution in [3.8, 4) is 0 Å². The fourth-order valence-corrected chi connectivity index (χ4v) is 3.62. The molecular formula is C21H17ClN4O6. The normalized spacial score (nSPS) is 18.2.